The largest absolute Gasteiger partial charge is 0.387 e. The number of imidazole rings is 1. The summed E-state index contributed by atoms with van der Waals surface area (Å²) in [5.74, 6) is 0.160. The molecule has 11 heteroatoms. The van der Waals surface area contributed by atoms with Gasteiger partial charge in [0.2, 0.25) is 0 Å². The fraction of sp³-hybridized carbons (Fsp3) is 0.400. The lowest BCUT2D eigenvalue weighted by atomic mass is 10.1. The van der Waals surface area contributed by atoms with E-state index in [1.807, 2.05) is 0 Å². The van der Waals surface area contributed by atoms with Gasteiger partial charge in [-0.25, -0.2) is 19.2 Å². The fourth-order valence-corrected chi connectivity index (χ4v) is 2.49. The molecule has 0 aromatic carbocycles. The predicted octanol–water partition coefficient (Wildman–Crippen LogP) is -2.07. The molecule has 5 N–H and O–H groups in total. The second-order valence-electron chi connectivity index (χ2n) is 4.43. The van der Waals surface area contributed by atoms with Crippen LogP contribution in [-0.2, 0) is 16.0 Å². The predicted molar refractivity (Wildman–Crippen MR) is 71.4 cm³/mol. The minimum Gasteiger partial charge on any atom is -0.387 e. The van der Waals surface area contributed by atoms with Gasteiger partial charge in [0, 0.05) is 0 Å². The van der Waals surface area contributed by atoms with Gasteiger partial charge in [0.15, 0.2) is 22.7 Å². The van der Waals surface area contributed by atoms with Gasteiger partial charge in [0.05, 0.1) is 6.33 Å². The molecule has 2 aromatic heterocycles. The van der Waals surface area contributed by atoms with E-state index >= 15 is 0 Å². The van der Waals surface area contributed by atoms with Crippen LogP contribution in [0.2, 0.25) is 0 Å². The molecule has 0 aliphatic carbocycles. The molecule has 0 amide bonds. The van der Waals surface area contributed by atoms with Crippen LogP contribution in [-0.4, -0.2) is 62.4 Å². The molecule has 0 bridgehead atoms. The third kappa shape index (κ3) is 2.11. The third-order valence-corrected chi connectivity index (χ3v) is 3.63. The topological polar surface area (TPSA) is 157 Å². The SMILES string of the molecule is Nc1ncnc2c1ncn2[C@@H]1O[C@H](C(O)=S=O)[C@@H](O)[C@H]1O. The molecule has 0 radical (unpaired) electrons. The lowest BCUT2D eigenvalue weighted by molar-refractivity contribution is -0.0231. The zero-order valence-corrected chi connectivity index (χ0v) is 11.2. The number of nitrogen functional groups attached to an aromatic ring is 1. The standard InChI is InChI=1S/C10H11N5O5S/c11-7-3-8(13-1-12-7)15(2-14-3)9-5(17)4(16)6(20-9)10(18)21-19/h1-2,4-6,9,16-18H,(H2,11,12,13)/t4-,5+,6-,9+/m0/s1. The Labute approximate surface area is 120 Å². The van der Waals surface area contributed by atoms with Gasteiger partial charge in [-0.05, 0) is 0 Å². The van der Waals surface area contributed by atoms with E-state index in [4.69, 9.17) is 10.5 Å². The summed E-state index contributed by atoms with van der Waals surface area (Å²) in [6.07, 6.45) is -2.66. The molecule has 112 valence electrons. The second kappa shape index (κ2) is 5.13. The molecule has 0 spiro atoms. The van der Waals surface area contributed by atoms with Crippen LogP contribution < -0.4 is 5.73 Å². The van der Waals surface area contributed by atoms with Crippen molar-refractivity contribution in [3.63, 3.8) is 0 Å². The van der Waals surface area contributed by atoms with Gasteiger partial charge in [-0.3, -0.25) is 4.57 Å². The van der Waals surface area contributed by atoms with Gasteiger partial charge in [-0.15, -0.1) is 0 Å². The number of aromatic nitrogens is 4. The van der Waals surface area contributed by atoms with Crippen LogP contribution in [0, 0.1) is 0 Å². The lowest BCUT2D eigenvalue weighted by Gasteiger charge is -2.16. The van der Waals surface area contributed by atoms with Crippen molar-refractivity contribution >= 4 is 33.3 Å². The molecule has 3 rings (SSSR count). The van der Waals surface area contributed by atoms with Crippen molar-refractivity contribution in [2.75, 3.05) is 5.73 Å². The van der Waals surface area contributed by atoms with E-state index in [9.17, 15) is 19.5 Å². The van der Waals surface area contributed by atoms with Crippen molar-refractivity contribution < 1.29 is 24.3 Å². The molecule has 1 aliphatic heterocycles. The maximum absolute atomic E-state index is 10.6. The molecule has 1 saturated heterocycles. The average molecular weight is 313 g/mol. The Bertz CT molecular complexity index is 745. The summed E-state index contributed by atoms with van der Waals surface area (Å²) in [4.78, 5) is 11.8. The first-order valence-corrected chi connectivity index (χ1v) is 6.59. The number of fused-ring (bicyclic) bond motifs is 1. The van der Waals surface area contributed by atoms with Gasteiger partial charge in [-0.2, -0.15) is 0 Å². The Morgan fingerprint density at radius 2 is 2.10 bits per heavy atom. The number of anilines is 1. The van der Waals surface area contributed by atoms with Crippen LogP contribution in [0.3, 0.4) is 0 Å². The maximum Gasteiger partial charge on any atom is 0.175 e. The first-order chi connectivity index (χ1) is 10.0. The van der Waals surface area contributed by atoms with Gasteiger partial charge in [0.25, 0.3) is 0 Å². The number of hydrogen-bond donors (Lipinski definition) is 4. The Hall–Kier alpha value is -1.92. The molecular formula is C10H11N5O5S. The Balaban J connectivity index is 2.04. The van der Waals surface area contributed by atoms with Crippen LogP contribution in [0.15, 0.2) is 12.7 Å². The normalized spacial score (nSPS) is 28.9. The number of hydrogen-bond acceptors (Lipinski definition) is 8. The van der Waals surface area contributed by atoms with E-state index in [1.165, 1.54) is 17.2 Å². The summed E-state index contributed by atoms with van der Waals surface area (Å²) in [6.45, 7) is 0. The molecule has 0 unspecified atom stereocenters. The number of nitrogens with zero attached hydrogens (tertiary/aromatic N) is 4. The van der Waals surface area contributed by atoms with E-state index in [1.54, 1.807) is 0 Å². The van der Waals surface area contributed by atoms with E-state index in [2.05, 4.69) is 15.0 Å². The zero-order chi connectivity index (χ0) is 15.1. The molecule has 0 saturated carbocycles. The van der Waals surface area contributed by atoms with Crippen molar-refractivity contribution in [1.29, 1.82) is 0 Å². The first kappa shape index (κ1) is 14.0. The van der Waals surface area contributed by atoms with Crippen molar-refractivity contribution in [3.05, 3.63) is 12.7 Å². The maximum atomic E-state index is 10.6. The Morgan fingerprint density at radius 3 is 2.81 bits per heavy atom. The minimum absolute atomic E-state index is 0.160. The summed E-state index contributed by atoms with van der Waals surface area (Å²) in [5, 5.41) is 28.6. The number of ether oxygens (including phenoxy) is 1. The fourth-order valence-electron chi connectivity index (χ4n) is 2.20. The highest BCUT2D eigenvalue weighted by molar-refractivity contribution is 7.66. The van der Waals surface area contributed by atoms with Crippen LogP contribution >= 0.6 is 0 Å². The molecule has 2 aromatic rings. The van der Waals surface area contributed by atoms with E-state index < -0.39 is 29.6 Å². The minimum atomic E-state index is -1.45. The van der Waals surface area contributed by atoms with Crippen molar-refractivity contribution in [3.8, 4) is 0 Å². The number of nitrogens with two attached hydrogens (primary N) is 1. The summed E-state index contributed by atoms with van der Waals surface area (Å²) in [5.41, 5.74) is 6.28. The van der Waals surface area contributed by atoms with Gasteiger partial charge < -0.3 is 25.8 Å². The monoisotopic (exact) mass is 313 g/mol. The molecule has 10 nitrogen and oxygen atoms in total. The summed E-state index contributed by atoms with van der Waals surface area (Å²) < 4.78 is 17.3. The van der Waals surface area contributed by atoms with Crippen molar-refractivity contribution in [1.82, 2.24) is 19.5 Å². The molecule has 1 fully saturated rings. The number of aliphatic hydroxyl groups excluding tert-OH is 3. The molecule has 3 heterocycles. The number of aliphatic hydroxyl groups is 3. The zero-order valence-electron chi connectivity index (χ0n) is 10.4. The first-order valence-electron chi connectivity index (χ1n) is 5.84. The lowest BCUT2D eigenvalue weighted by Crippen LogP contribution is -2.35. The highest BCUT2D eigenvalue weighted by atomic mass is 32.1. The third-order valence-electron chi connectivity index (χ3n) is 3.23. The van der Waals surface area contributed by atoms with Crippen LogP contribution in [0.5, 0.6) is 0 Å². The molecule has 4 atom stereocenters. The average Bonchev–Trinajstić information content (AvgIpc) is 3.02. The van der Waals surface area contributed by atoms with Crippen LogP contribution in [0.4, 0.5) is 5.82 Å². The van der Waals surface area contributed by atoms with Gasteiger partial charge >= 0.3 is 0 Å². The summed E-state index contributed by atoms with van der Waals surface area (Å²) in [6, 6.07) is 0. The smallest absolute Gasteiger partial charge is 0.175 e. The second-order valence-corrected chi connectivity index (χ2v) is 5.02. The van der Waals surface area contributed by atoms with Gasteiger partial charge in [-0.1, -0.05) is 0 Å². The molecule has 21 heavy (non-hydrogen) atoms. The van der Waals surface area contributed by atoms with Crippen LogP contribution in [0.1, 0.15) is 6.23 Å². The highest BCUT2D eigenvalue weighted by Crippen LogP contribution is 2.31. The Morgan fingerprint density at radius 1 is 1.33 bits per heavy atom. The Kier molecular flexibility index (Phi) is 3.43. The van der Waals surface area contributed by atoms with E-state index in [0.29, 0.717) is 11.2 Å². The molecular weight excluding hydrogens is 302 g/mol. The summed E-state index contributed by atoms with van der Waals surface area (Å²) >= 11 is -0.211. The quantitative estimate of drug-likeness (QED) is 0.457. The van der Waals surface area contributed by atoms with E-state index in [0.717, 1.165) is 0 Å². The highest BCUT2D eigenvalue weighted by Gasteiger charge is 2.46. The van der Waals surface area contributed by atoms with Crippen molar-refractivity contribution in [2.45, 2.75) is 24.5 Å². The summed E-state index contributed by atoms with van der Waals surface area (Å²) in [7, 11) is 0. The van der Waals surface area contributed by atoms with Crippen molar-refractivity contribution in [2.24, 2.45) is 0 Å². The van der Waals surface area contributed by atoms with E-state index in [-0.39, 0.29) is 17.1 Å². The van der Waals surface area contributed by atoms with Gasteiger partial charge in [0.1, 0.15) is 41.4 Å². The molecule has 1 aliphatic rings. The number of rotatable bonds is 2. The van der Waals surface area contributed by atoms with Crippen LogP contribution in [0.25, 0.3) is 11.2 Å².